The van der Waals surface area contributed by atoms with E-state index in [2.05, 4.69) is 25.5 Å². The molecule has 92 valence electrons. The summed E-state index contributed by atoms with van der Waals surface area (Å²) < 4.78 is 4.49. The Morgan fingerprint density at radius 3 is 2.19 bits per heavy atom. The van der Waals surface area contributed by atoms with Gasteiger partial charge in [-0.15, -0.1) is 0 Å². The highest BCUT2D eigenvalue weighted by Gasteiger charge is 2.27. The summed E-state index contributed by atoms with van der Waals surface area (Å²) in [6.45, 7) is 6.95. The zero-order chi connectivity index (χ0) is 12.1. The van der Waals surface area contributed by atoms with Crippen LogP contribution >= 0.6 is 0 Å². The van der Waals surface area contributed by atoms with Gasteiger partial charge in [0.15, 0.2) is 0 Å². The van der Waals surface area contributed by atoms with Crippen molar-refractivity contribution in [2.75, 3.05) is 13.1 Å². The quantitative estimate of drug-likeness (QED) is 0.528. The first kappa shape index (κ1) is 13.2. The summed E-state index contributed by atoms with van der Waals surface area (Å²) in [4.78, 5) is 24.1. The Morgan fingerprint density at radius 2 is 1.69 bits per heavy atom. The first-order valence-electron chi connectivity index (χ1n) is 5.96. The van der Waals surface area contributed by atoms with Crippen molar-refractivity contribution in [2.24, 2.45) is 5.92 Å². The molecule has 4 nitrogen and oxygen atoms in total. The molecule has 0 aromatic rings. The van der Waals surface area contributed by atoms with Gasteiger partial charge in [0.05, 0.1) is 13.1 Å². The number of morpholine rings is 1. The van der Waals surface area contributed by atoms with Gasteiger partial charge in [0.25, 0.3) is 0 Å². The minimum Gasteiger partial charge on any atom is -0.391 e. The molecule has 0 spiro atoms. The van der Waals surface area contributed by atoms with Gasteiger partial charge in [0.2, 0.25) is 0 Å². The van der Waals surface area contributed by atoms with Crippen LogP contribution in [0.3, 0.4) is 0 Å². The van der Waals surface area contributed by atoms with Crippen molar-refractivity contribution in [3.63, 3.8) is 0 Å². The maximum absolute atomic E-state index is 11.1. The van der Waals surface area contributed by atoms with E-state index in [9.17, 15) is 9.59 Å². The molecule has 1 unspecified atom stereocenters. The number of cyclic esters (lactones) is 2. The molecular formula is C12H21NO3. The molecule has 0 bridgehead atoms. The van der Waals surface area contributed by atoms with Crippen LogP contribution in [-0.4, -0.2) is 36.0 Å². The van der Waals surface area contributed by atoms with Gasteiger partial charge in [-0.05, 0) is 19.3 Å². The summed E-state index contributed by atoms with van der Waals surface area (Å²) in [5, 5.41) is 0. The van der Waals surface area contributed by atoms with E-state index in [1.165, 1.54) is 6.42 Å². The number of rotatable bonds is 5. The molecular weight excluding hydrogens is 206 g/mol. The van der Waals surface area contributed by atoms with E-state index in [1.807, 2.05) is 4.90 Å². The van der Waals surface area contributed by atoms with Crippen molar-refractivity contribution in [2.45, 2.75) is 46.1 Å². The average Bonchev–Trinajstić information content (AvgIpc) is 2.15. The zero-order valence-corrected chi connectivity index (χ0v) is 10.4. The van der Waals surface area contributed by atoms with Gasteiger partial charge >= 0.3 is 11.9 Å². The maximum atomic E-state index is 11.1. The van der Waals surface area contributed by atoms with Gasteiger partial charge in [-0.3, -0.25) is 14.5 Å². The molecule has 1 heterocycles. The Bertz CT molecular complexity index is 247. The average molecular weight is 227 g/mol. The topological polar surface area (TPSA) is 46.6 Å². The molecule has 1 atom stereocenters. The smallest absolute Gasteiger partial charge is 0.327 e. The van der Waals surface area contributed by atoms with E-state index < -0.39 is 11.9 Å². The Morgan fingerprint density at radius 1 is 1.12 bits per heavy atom. The summed E-state index contributed by atoms with van der Waals surface area (Å²) in [5.41, 5.74) is 0. The molecule has 0 saturated carbocycles. The molecule has 0 N–H and O–H groups in total. The van der Waals surface area contributed by atoms with E-state index >= 15 is 0 Å². The molecule has 0 amide bonds. The summed E-state index contributed by atoms with van der Waals surface area (Å²) in [6.07, 6.45) is 3.36. The second-order valence-electron chi connectivity index (χ2n) is 4.92. The predicted octanol–water partition coefficient (Wildman–Crippen LogP) is 1.59. The van der Waals surface area contributed by atoms with E-state index in [0.29, 0.717) is 5.92 Å². The summed E-state index contributed by atoms with van der Waals surface area (Å²) in [5.74, 6) is -0.140. The highest BCUT2D eigenvalue weighted by atomic mass is 16.6. The molecule has 1 fully saturated rings. The number of hydrogen-bond donors (Lipinski definition) is 0. The fourth-order valence-corrected chi connectivity index (χ4v) is 1.89. The third-order valence-electron chi connectivity index (χ3n) is 2.92. The summed E-state index contributed by atoms with van der Waals surface area (Å²) in [7, 11) is 0. The first-order valence-corrected chi connectivity index (χ1v) is 5.96. The molecule has 16 heavy (non-hydrogen) atoms. The number of hydrogen-bond acceptors (Lipinski definition) is 4. The van der Waals surface area contributed by atoms with Crippen molar-refractivity contribution in [1.82, 2.24) is 4.90 Å². The molecule has 1 saturated heterocycles. The molecule has 1 rings (SSSR count). The van der Waals surface area contributed by atoms with Crippen molar-refractivity contribution >= 4 is 11.9 Å². The largest absolute Gasteiger partial charge is 0.391 e. The van der Waals surface area contributed by atoms with Crippen molar-refractivity contribution in [3.8, 4) is 0 Å². The van der Waals surface area contributed by atoms with E-state index in [4.69, 9.17) is 0 Å². The highest BCUT2D eigenvalue weighted by molar-refractivity contribution is 5.90. The standard InChI is InChI=1S/C12H21NO3/c1-9(2)5-4-6-10(3)13-7-11(14)16-12(15)8-13/h9-10H,4-8H2,1-3H3. The Balaban J connectivity index is 2.32. The van der Waals surface area contributed by atoms with E-state index in [0.717, 1.165) is 12.8 Å². The van der Waals surface area contributed by atoms with Crippen LogP contribution in [-0.2, 0) is 14.3 Å². The lowest BCUT2D eigenvalue weighted by Gasteiger charge is -2.30. The van der Waals surface area contributed by atoms with Gasteiger partial charge < -0.3 is 4.74 Å². The maximum Gasteiger partial charge on any atom is 0.327 e. The normalized spacial score (nSPS) is 20.0. The SMILES string of the molecule is CC(C)CCCC(C)N1CC(=O)OC(=O)C1. The zero-order valence-electron chi connectivity index (χ0n) is 10.4. The highest BCUT2D eigenvalue weighted by Crippen LogP contribution is 2.14. The number of carbonyl (C=O) groups is 2. The molecule has 1 aliphatic rings. The third-order valence-corrected chi connectivity index (χ3v) is 2.92. The van der Waals surface area contributed by atoms with Crippen molar-refractivity contribution < 1.29 is 14.3 Å². The van der Waals surface area contributed by atoms with Gasteiger partial charge in [0.1, 0.15) is 0 Å². The lowest BCUT2D eigenvalue weighted by atomic mass is 10.0. The van der Waals surface area contributed by atoms with Crippen molar-refractivity contribution in [3.05, 3.63) is 0 Å². The number of esters is 2. The second-order valence-corrected chi connectivity index (χ2v) is 4.92. The minimum absolute atomic E-state index is 0.245. The van der Waals surface area contributed by atoms with Crippen LogP contribution in [0.1, 0.15) is 40.0 Å². The van der Waals surface area contributed by atoms with E-state index in [-0.39, 0.29) is 19.1 Å². The lowest BCUT2D eigenvalue weighted by molar-refractivity contribution is -0.167. The molecule has 1 aliphatic heterocycles. The monoisotopic (exact) mass is 227 g/mol. The van der Waals surface area contributed by atoms with Crippen LogP contribution in [0.15, 0.2) is 0 Å². The first-order chi connectivity index (χ1) is 7.49. The lowest BCUT2D eigenvalue weighted by Crippen LogP contribution is -2.47. The summed E-state index contributed by atoms with van der Waals surface area (Å²) >= 11 is 0. The van der Waals surface area contributed by atoms with Gasteiger partial charge in [-0.1, -0.05) is 26.7 Å². The van der Waals surface area contributed by atoms with Crippen LogP contribution < -0.4 is 0 Å². The summed E-state index contributed by atoms with van der Waals surface area (Å²) in [6, 6.07) is 0.274. The number of nitrogens with zero attached hydrogens (tertiary/aromatic N) is 1. The molecule has 0 radical (unpaired) electrons. The molecule has 0 aromatic carbocycles. The van der Waals surface area contributed by atoms with Crippen molar-refractivity contribution in [1.29, 1.82) is 0 Å². The van der Waals surface area contributed by atoms with E-state index in [1.54, 1.807) is 0 Å². The fraction of sp³-hybridized carbons (Fsp3) is 0.833. The third kappa shape index (κ3) is 4.31. The van der Waals surface area contributed by atoms with Gasteiger partial charge in [-0.25, -0.2) is 0 Å². The Kier molecular flexibility index (Phi) is 4.93. The minimum atomic E-state index is -0.424. The Labute approximate surface area is 96.9 Å². The van der Waals surface area contributed by atoms with Crippen LogP contribution in [0.25, 0.3) is 0 Å². The molecule has 4 heteroatoms. The molecule has 0 aliphatic carbocycles. The van der Waals surface area contributed by atoms with Crippen LogP contribution in [0.2, 0.25) is 0 Å². The van der Waals surface area contributed by atoms with Crippen LogP contribution in [0.4, 0.5) is 0 Å². The molecule has 0 aromatic heterocycles. The Hall–Kier alpha value is -0.900. The number of ether oxygens (including phenoxy) is 1. The second kappa shape index (κ2) is 5.99. The fourth-order valence-electron chi connectivity index (χ4n) is 1.89. The van der Waals surface area contributed by atoms with Crippen LogP contribution in [0.5, 0.6) is 0 Å². The number of carbonyl (C=O) groups excluding carboxylic acids is 2. The predicted molar refractivity (Wildman–Crippen MR) is 60.8 cm³/mol. The van der Waals surface area contributed by atoms with Gasteiger partial charge in [0, 0.05) is 6.04 Å². The van der Waals surface area contributed by atoms with Crippen LogP contribution in [0, 0.1) is 5.92 Å². The van der Waals surface area contributed by atoms with Gasteiger partial charge in [-0.2, -0.15) is 0 Å².